The van der Waals surface area contributed by atoms with Crippen LogP contribution in [0.25, 0.3) is 0 Å². The van der Waals surface area contributed by atoms with Crippen molar-refractivity contribution in [2.24, 2.45) is 0 Å². The van der Waals surface area contributed by atoms with E-state index in [1.54, 1.807) is 6.92 Å². The molecule has 0 spiro atoms. The lowest BCUT2D eigenvalue weighted by molar-refractivity contribution is 0.0446. The number of tetrazole rings is 1. The van der Waals surface area contributed by atoms with Crippen LogP contribution < -0.4 is 0 Å². The second-order valence-electron chi connectivity index (χ2n) is 5.07. The lowest BCUT2D eigenvalue weighted by Gasteiger charge is -2.15. The normalized spacial score (nSPS) is 11.6. The molecular weight excluding hydrogens is 252 g/mol. The quantitative estimate of drug-likeness (QED) is 0.421. The second kappa shape index (κ2) is 6.60. The predicted molar refractivity (Wildman–Crippen MR) is 67.9 cm³/mol. The highest BCUT2D eigenvalue weighted by atomic mass is 28.3. The van der Waals surface area contributed by atoms with Gasteiger partial charge in [0.05, 0.1) is 6.61 Å². The van der Waals surface area contributed by atoms with Gasteiger partial charge in [0.1, 0.15) is 6.73 Å². The summed E-state index contributed by atoms with van der Waals surface area (Å²) in [5.41, 5.74) is 0. The number of carbonyl (C=O) groups is 1. The van der Waals surface area contributed by atoms with Gasteiger partial charge < -0.3 is 9.47 Å². The molecule has 0 fully saturated rings. The number of aromatic nitrogens is 4. The van der Waals surface area contributed by atoms with Crippen LogP contribution in [0.1, 0.15) is 17.5 Å². The minimum atomic E-state index is -1.10. The highest BCUT2D eigenvalue weighted by Crippen LogP contribution is 2.07. The average molecular weight is 272 g/mol. The van der Waals surface area contributed by atoms with E-state index in [0.717, 1.165) is 6.04 Å². The van der Waals surface area contributed by atoms with Gasteiger partial charge >= 0.3 is 5.97 Å². The van der Waals surface area contributed by atoms with Gasteiger partial charge in [0, 0.05) is 14.7 Å². The molecule has 1 heterocycles. The summed E-state index contributed by atoms with van der Waals surface area (Å²) in [7, 11) is -1.10. The number of esters is 1. The van der Waals surface area contributed by atoms with Crippen molar-refractivity contribution in [2.75, 3.05) is 13.2 Å². The van der Waals surface area contributed by atoms with Crippen molar-refractivity contribution in [3.05, 3.63) is 5.82 Å². The number of carbonyl (C=O) groups excluding carboxylic acids is 1. The molecule has 102 valence electrons. The van der Waals surface area contributed by atoms with Crippen molar-refractivity contribution in [2.45, 2.75) is 39.3 Å². The van der Waals surface area contributed by atoms with E-state index in [1.807, 2.05) is 0 Å². The Hall–Kier alpha value is -1.28. The third-order valence-corrected chi connectivity index (χ3v) is 3.90. The summed E-state index contributed by atoms with van der Waals surface area (Å²) in [4.78, 5) is 11.5. The maximum atomic E-state index is 11.5. The van der Waals surface area contributed by atoms with Crippen molar-refractivity contribution in [3.8, 4) is 0 Å². The van der Waals surface area contributed by atoms with E-state index in [4.69, 9.17) is 9.47 Å². The molecule has 1 aromatic heterocycles. The monoisotopic (exact) mass is 272 g/mol. The van der Waals surface area contributed by atoms with Crippen LogP contribution in [-0.2, 0) is 16.2 Å². The van der Waals surface area contributed by atoms with E-state index in [1.165, 1.54) is 4.68 Å². The Bertz CT molecular complexity index is 389. The van der Waals surface area contributed by atoms with Gasteiger partial charge in [-0.15, -0.1) is 5.10 Å². The van der Waals surface area contributed by atoms with E-state index in [-0.39, 0.29) is 12.6 Å². The van der Waals surface area contributed by atoms with Crippen molar-refractivity contribution in [3.63, 3.8) is 0 Å². The number of hydrogen-bond donors (Lipinski definition) is 0. The first kappa shape index (κ1) is 14.8. The molecule has 0 atom stereocenters. The zero-order valence-electron chi connectivity index (χ0n) is 11.3. The largest absolute Gasteiger partial charge is 0.460 e. The first-order valence-electron chi connectivity index (χ1n) is 5.95. The van der Waals surface area contributed by atoms with Crippen LogP contribution in [0.5, 0.6) is 0 Å². The molecule has 0 saturated carbocycles. The average Bonchev–Trinajstić information content (AvgIpc) is 2.71. The van der Waals surface area contributed by atoms with E-state index in [0.29, 0.717) is 13.2 Å². The summed E-state index contributed by atoms with van der Waals surface area (Å²) in [6.45, 7) is 9.68. The molecule has 0 N–H and O–H groups in total. The summed E-state index contributed by atoms with van der Waals surface area (Å²) in [6.07, 6.45) is 0. The number of nitrogens with zero attached hydrogens (tertiary/aromatic N) is 4. The van der Waals surface area contributed by atoms with Crippen LogP contribution in [0.15, 0.2) is 0 Å². The molecule has 0 radical (unpaired) electrons. The van der Waals surface area contributed by atoms with Gasteiger partial charge in [-0.2, -0.15) is 4.68 Å². The molecule has 1 rings (SSSR count). The maximum Gasteiger partial charge on any atom is 0.378 e. The minimum Gasteiger partial charge on any atom is -0.460 e. The Morgan fingerprint density at radius 3 is 2.72 bits per heavy atom. The highest BCUT2D eigenvalue weighted by Gasteiger charge is 2.17. The number of rotatable bonds is 7. The van der Waals surface area contributed by atoms with Crippen molar-refractivity contribution in [1.29, 1.82) is 0 Å². The van der Waals surface area contributed by atoms with Crippen LogP contribution in [0.3, 0.4) is 0 Å². The van der Waals surface area contributed by atoms with Gasteiger partial charge in [-0.1, -0.05) is 19.6 Å². The fourth-order valence-electron chi connectivity index (χ4n) is 1.16. The zero-order chi connectivity index (χ0) is 13.6. The first-order valence-corrected chi connectivity index (χ1v) is 9.66. The predicted octanol–water partition coefficient (Wildman–Crippen LogP) is 1.16. The standard InChI is InChI=1S/C10H20N4O3Si/c1-5-17-10(15)9-11-12-13-14(9)8-16-6-7-18(2,3)4/h5-8H2,1-4H3. The molecule has 8 heteroatoms. The van der Waals surface area contributed by atoms with Crippen LogP contribution in [0.2, 0.25) is 25.7 Å². The smallest absolute Gasteiger partial charge is 0.378 e. The SMILES string of the molecule is CCOC(=O)c1nnnn1COCC[Si](C)(C)C. The number of hydrogen-bond acceptors (Lipinski definition) is 6. The maximum absolute atomic E-state index is 11.5. The summed E-state index contributed by atoms with van der Waals surface area (Å²) in [5.74, 6) is -0.457. The van der Waals surface area contributed by atoms with E-state index in [2.05, 4.69) is 35.2 Å². The molecular formula is C10H20N4O3Si. The van der Waals surface area contributed by atoms with Crippen LogP contribution in [-0.4, -0.2) is 47.5 Å². The van der Waals surface area contributed by atoms with Crippen molar-refractivity contribution < 1.29 is 14.3 Å². The molecule has 1 aromatic rings. The molecule has 0 saturated heterocycles. The van der Waals surface area contributed by atoms with Crippen molar-refractivity contribution in [1.82, 2.24) is 20.2 Å². The third kappa shape index (κ3) is 4.92. The first-order chi connectivity index (χ1) is 8.44. The summed E-state index contributed by atoms with van der Waals surface area (Å²) >= 11 is 0. The third-order valence-electron chi connectivity index (χ3n) is 2.20. The Kier molecular flexibility index (Phi) is 5.42. The van der Waals surface area contributed by atoms with Crippen LogP contribution in [0, 0.1) is 0 Å². The van der Waals surface area contributed by atoms with Gasteiger partial charge in [0.15, 0.2) is 0 Å². The summed E-state index contributed by atoms with van der Waals surface area (Å²) < 4.78 is 11.6. The van der Waals surface area contributed by atoms with Gasteiger partial charge in [0.2, 0.25) is 0 Å². The second-order valence-corrected chi connectivity index (χ2v) is 10.7. The molecule has 0 bridgehead atoms. The lowest BCUT2D eigenvalue weighted by atomic mass is 10.6. The summed E-state index contributed by atoms with van der Waals surface area (Å²) in [5, 5.41) is 10.8. The molecule has 18 heavy (non-hydrogen) atoms. The lowest BCUT2D eigenvalue weighted by Crippen LogP contribution is -2.22. The van der Waals surface area contributed by atoms with E-state index in [9.17, 15) is 4.79 Å². The topological polar surface area (TPSA) is 79.1 Å². The Balaban J connectivity index is 2.43. The molecule has 0 unspecified atom stereocenters. The Morgan fingerprint density at radius 1 is 1.39 bits per heavy atom. The highest BCUT2D eigenvalue weighted by molar-refractivity contribution is 6.76. The molecule has 0 aliphatic carbocycles. The Morgan fingerprint density at radius 2 is 2.11 bits per heavy atom. The van der Waals surface area contributed by atoms with E-state index < -0.39 is 14.0 Å². The van der Waals surface area contributed by atoms with E-state index >= 15 is 0 Å². The minimum absolute atomic E-state index is 0.0739. The molecule has 0 aromatic carbocycles. The molecule has 0 amide bonds. The fraction of sp³-hybridized carbons (Fsp3) is 0.800. The molecule has 0 aliphatic rings. The molecule has 7 nitrogen and oxygen atoms in total. The van der Waals surface area contributed by atoms with Crippen molar-refractivity contribution >= 4 is 14.0 Å². The summed E-state index contributed by atoms with van der Waals surface area (Å²) in [6, 6.07) is 1.06. The van der Waals surface area contributed by atoms with Crippen LogP contribution in [0.4, 0.5) is 0 Å². The Labute approximate surface area is 107 Å². The van der Waals surface area contributed by atoms with Crippen LogP contribution >= 0.6 is 0 Å². The molecule has 0 aliphatic heterocycles. The fourth-order valence-corrected chi connectivity index (χ4v) is 1.92. The number of ether oxygens (including phenoxy) is 2. The zero-order valence-corrected chi connectivity index (χ0v) is 12.3. The van der Waals surface area contributed by atoms with Gasteiger partial charge in [-0.05, 0) is 23.4 Å². The van der Waals surface area contributed by atoms with Gasteiger partial charge in [0.25, 0.3) is 5.82 Å². The van der Waals surface area contributed by atoms with Gasteiger partial charge in [-0.3, -0.25) is 0 Å². The van der Waals surface area contributed by atoms with Gasteiger partial charge in [-0.25, -0.2) is 4.79 Å².